The summed E-state index contributed by atoms with van der Waals surface area (Å²) < 4.78 is 28.8. The molecular weight excluding hydrogens is 516 g/mol. The molecule has 10 heteroatoms. The van der Waals surface area contributed by atoms with Crippen LogP contribution in [0.1, 0.15) is 67.7 Å². The van der Waals surface area contributed by atoms with Crippen LogP contribution in [0.15, 0.2) is 47.6 Å². The van der Waals surface area contributed by atoms with Gasteiger partial charge >= 0.3 is 17.9 Å². The molecular formula is C30H32N2O8. The highest BCUT2D eigenvalue weighted by molar-refractivity contribution is 6.06. The lowest BCUT2D eigenvalue weighted by molar-refractivity contribution is -0.273. The first-order chi connectivity index (χ1) is 19.4. The van der Waals surface area contributed by atoms with Gasteiger partial charge in [0.15, 0.2) is 17.5 Å². The van der Waals surface area contributed by atoms with Crippen LogP contribution in [-0.2, 0) is 28.6 Å². The van der Waals surface area contributed by atoms with Crippen LogP contribution in [0.2, 0.25) is 0 Å². The van der Waals surface area contributed by atoms with E-state index < -0.39 is 47.1 Å². The van der Waals surface area contributed by atoms with Crippen LogP contribution in [0.4, 0.5) is 0 Å². The molecule has 2 spiro atoms. The van der Waals surface area contributed by atoms with Crippen LogP contribution in [0.25, 0.3) is 0 Å². The second kappa shape index (κ2) is 9.83. The van der Waals surface area contributed by atoms with Crippen LogP contribution in [0.3, 0.4) is 0 Å². The van der Waals surface area contributed by atoms with Gasteiger partial charge in [-0.3, -0.25) is 14.6 Å². The molecule has 10 nitrogen and oxygen atoms in total. The summed E-state index contributed by atoms with van der Waals surface area (Å²) in [4.78, 5) is 42.8. The average Bonchev–Trinajstić information content (AvgIpc) is 3.29. The molecule has 210 valence electrons. The summed E-state index contributed by atoms with van der Waals surface area (Å²) in [6, 6.07) is 10.4. The molecule has 0 radical (unpaired) electrons. The summed E-state index contributed by atoms with van der Waals surface area (Å²) in [6.45, 7) is 1.81. The summed E-state index contributed by atoms with van der Waals surface area (Å²) in [6.07, 6.45) is 5.03. The molecule has 2 saturated heterocycles. The number of methoxy groups -OCH3 is 2. The smallest absolute Gasteiger partial charge is 0.331 e. The van der Waals surface area contributed by atoms with Crippen molar-refractivity contribution in [2.45, 2.75) is 62.8 Å². The fourth-order valence-electron chi connectivity index (χ4n) is 6.82. The molecule has 3 atom stereocenters. The van der Waals surface area contributed by atoms with Gasteiger partial charge in [-0.1, -0.05) is 36.8 Å². The number of esters is 3. The Bertz CT molecular complexity index is 1360. The van der Waals surface area contributed by atoms with Gasteiger partial charge in [0.1, 0.15) is 6.04 Å². The molecule has 3 fully saturated rings. The molecule has 3 aliphatic heterocycles. The lowest BCUT2D eigenvalue weighted by atomic mass is 9.65. The maximum Gasteiger partial charge on any atom is 0.331 e. The summed E-state index contributed by atoms with van der Waals surface area (Å²) in [5.41, 5.74) is -0.0556. The number of carbonyl (C=O) groups excluding carboxylic acids is 3. The van der Waals surface area contributed by atoms with Crippen molar-refractivity contribution < 1.29 is 38.1 Å². The molecule has 40 heavy (non-hydrogen) atoms. The van der Waals surface area contributed by atoms with Crippen molar-refractivity contribution in [1.29, 1.82) is 0 Å². The van der Waals surface area contributed by atoms with Gasteiger partial charge in [-0.15, -0.1) is 0 Å². The number of rotatable bonds is 5. The van der Waals surface area contributed by atoms with Crippen LogP contribution in [-0.4, -0.2) is 61.8 Å². The van der Waals surface area contributed by atoms with E-state index in [9.17, 15) is 14.4 Å². The first-order valence-corrected chi connectivity index (χ1v) is 13.7. The van der Waals surface area contributed by atoms with Crippen LogP contribution in [0.5, 0.6) is 11.5 Å². The predicted octanol–water partition coefficient (Wildman–Crippen LogP) is 3.87. The zero-order chi connectivity index (χ0) is 28.1. The van der Waals surface area contributed by atoms with Crippen molar-refractivity contribution in [3.05, 3.63) is 59.2 Å². The Morgan fingerprint density at radius 2 is 1.70 bits per heavy atom. The van der Waals surface area contributed by atoms with Gasteiger partial charge in [0.05, 0.1) is 27.0 Å². The van der Waals surface area contributed by atoms with E-state index in [0.717, 1.165) is 24.8 Å². The summed E-state index contributed by atoms with van der Waals surface area (Å²) >= 11 is 0. The topological polar surface area (TPSA) is 113 Å². The quantitative estimate of drug-likeness (QED) is 0.406. The molecule has 0 amide bonds. The highest BCUT2D eigenvalue weighted by Gasteiger charge is 2.76. The Balaban J connectivity index is 1.61. The van der Waals surface area contributed by atoms with Gasteiger partial charge in [-0.05, 0) is 48.6 Å². The highest BCUT2D eigenvalue weighted by Crippen LogP contribution is 2.63. The van der Waals surface area contributed by atoms with Crippen molar-refractivity contribution in [3.8, 4) is 11.5 Å². The number of ether oxygens (including phenoxy) is 5. The van der Waals surface area contributed by atoms with E-state index in [0.29, 0.717) is 35.5 Å². The van der Waals surface area contributed by atoms with Gasteiger partial charge in [-0.25, -0.2) is 4.79 Å². The molecule has 4 aliphatic rings. The third-order valence-electron chi connectivity index (χ3n) is 8.55. The van der Waals surface area contributed by atoms with Crippen molar-refractivity contribution in [2.24, 2.45) is 10.5 Å². The van der Waals surface area contributed by atoms with Gasteiger partial charge in [-0.2, -0.15) is 5.10 Å². The fraction of sp³-hybridized carbons (Fsp3) is 0.467. The van der Waals surface area contributed by atoms with E-state index in [1.165, 1.54) is 19.2 Å². The molecule has 2 aromatic rings. The van der Waals surface area contributed by atoms with Gasteiger partial charge in [0.25, 0.3) is 5.79 Å². The number of hydrogen-bond donors (Lipinski definition) is 0. The van der Waals surface area contributed by atoms with Crippen molar-refractivity contribution in [2.75, 3.05) is 20.8 Å². The van der Waals surface area contributed by atoms with E-state index in [-0.39, 0.29) is 6.61 Å². The zero-order valence-corrected chi connectivity index (χ0v) is 22.8. The van der Waals surface area contributed by atoms with Gasteiger partial charge in [0.2, 0.25) is 5.41 Å². The second-order valence-electron chi connectivity index (χ2n) is 10.6. The monoisotopic (exact) mass is 548 g/mol. The van der Waals surface area contributed by atoms with E-state index in [1.54, 1.807) is 31.3 Å². The molecule has 1 aliphatic carbocycles. The lowest BCUT2D eigenvalue weighted by Crippen LogP contribution is -2.60. The first kappa shape index (κ1) is 26.2. The number of hydrogen-bond acceptors (Lipinski definition) is 10. The fourth-order valence-corrected chi connectivity index (χ4v) is 6.82. The minimum absolute atomic E-state index is 0.109. The molecule has 2 aromatic carbocycles. The number of nitrogens with zero attached hydrogens (tertiary/aromatic N) is 2. The van der Waals surface area contributed by atoms with Crippen molar-refractivity contribution in [1.82, 2.24) is 5.01 Å². The minimum atomic E-state index is -1.95. The Hall–Kier alpha value is -4.08. The largest absolute Gasteiger partial charge is 0.493 e. The Morgan fingerprint density at radius 1 is 1.00 bits per heavy atom. The normalized spacial score (nSPS) is 25.6. The predicted molar refractivity (Wildman–Crippen MR) is 142 cm³/mol. The summed E-state index contributed by atoms with van der Waals surface area (Å²) in [5, 5.41) is 6.15. The third kappa shape index (κ3) is 3.68. The Morgan fingerprint density at radius 3 is 2.38 bits per heavy atom. The van der Waals surface area contributed by atoms with E-state index in [4.69, 9.17) is 23.7 Å². The van der Waals surface area contributed by atoms with Gasteiger partial charge in [0, 0.05) is 18.8 Å². The summed E-state index contributed by atoms with van der Waals surface area (Å²) in [7, 11) is 3.01. The number of carbonyl (C=O) groups is 3. The van der Waals surface area contributed by atoms with Crippen molar-refractivity contribution >= 4 is 24.1 Å². The molecule has 3 heterocycles. The van der Waals surface area contributed by atoms with Crippen LogP contribution in [0, 0.1) is 5.41 Å². The number of benzene rings is 2. The maximum absolute atomic E-state index is 14.5. The Labute approximate surface area is 232 Å². The minimum Gasteiger partial charge on any atom is -0.493 e. The molecule has 0 bridgehead atoms. The van der Waals surface area contributed by atoms with Crippen LogP contribution < -0.4 is 9.47 Å². The second-order valence-corrected chi connectivity index (χ2v) is 10.6. The molecule has 1 saturated carbocycles. The maximum atomic E-state index is 14.5. The molecule has 0 N–H and O–H groups in total. The average molecular weight is 549 g/mol. The molecule has 0 unspecified atom stereocenters. The standard InChI is InChI=1S/C30H32N2O8/c1-4-38-26(33)24-23(18-12-13-21(36-2)22(16-18)37-3)30(25-20-11-7-6-10-19(20)17-31-32(24)25)27(34)39-29(40-28(30)35)14-8-5-9-15-29/h6-7,10-13,16-17,23-25H,4-5,8-9,14-15H2,1-3H3/t23-,24-,25-/m0/s1. The molecule has 0 aromatic heterocycles. The van der Waals surface area contributed by atoms with Crippen molar-refractivity contribution in [3.63, 3.8) is 0 Å². The molecule has 6 rings (SSSR count). The van der Waals surface area contributed by atoms with E-state index in [2.05, 4.69) is 5.10 Å². The highest BCUT2D eigenvalue weighted by atomic mass is 16.7. The lowest BCUT2D eigenvalue weighted by Gasteiger charge is -2.47. The van der Waals surface area contributed by atoms with Crippen LogP contribution >= 0.6 is 0 Å². The van der Waals surface area contributed by atoms with E-state index >= 15 is 0 Å². The SMILES string of the molecule is CCOC(=O)[C@@H]1[C@H](c2ccc(OC)c(OC)c2)C2(C(=O)OC3(CCCCC3)OC2=O)[C@@H]2c3ccccc3C=NN12. The Kier molecular flexibility index (Phi) is 6.43. The van der Waals surface area contributed by atoms with Gasteiger partial charge < -0.3 is 23.7 Å². The first-order valence-electron chi connectivity index (χ1n) is 13.7. The van der Waals surface area contributed by atoms with E-state index in [1.807, 2.05) is 24.3 Å². The number of fused-ring (bicyclic) bond motifs is 4. The number of hydrazone groups is 1. The zero-order valence-electron chi connectivity index (χ0n) is 22.8. The summed E-state index contributed by atoms with van der Waals surface area (Å²) in [5.74, 6) is -3.59. The third-order valence-corrected chi connectivity index (χ3v) is 8.55.